The lowest BCUT2D eigenvalue weighted by atomic mass is 10.0. The molecule has 0 saturated heterocycles. The number of carbonyl (C=O) groups is 2. The molecule has 1 aliphatic rings. The van der Waals surface area contributed by atoms with Crippen LogP contribution in [0.25, 0.3) is 22.6 Å². The zero-order valence-electron chi connectivity index (χ0n) is 12.6. The number of aromatic amines is 1. The number of hydrogen-bond donors (Lipinski definition) is 4. The maximum absolute atomic E-state index is 12.2. The Labute approximate surface area is 137 Å². The van der Waals surface area contributed by atoms with Crippen LogP contribution in [0.15, 0.2) is 48.7 Å². The smallest absolute Gasteiger partial charge is 0.316 e. The molecule has 6 nitrogen and oxygen atoms in total. The van der Waals surface area contributed by atoms with Crippen LogP contribution < -0.4 is 16.4 Å². The summed E-state index contributed by atoms with van der Waals surface area (Å²) in [6.45, 7) is 0. The fourth-order valence-electron chi connectivity index (χ4n) is 2.92. The third-order valence-corrected chi connectivity index (χ3v) is 3.99. The number of urea groups is 1. The number of H-pyrrole nitrogens is 1. The van der Waals surface area contributed by atoms with E-state index < -0.39 is 6.03 Å². The van der Waals surface area contributed by atoms with Gasteiger partial charge < -0.3 is 21.4 Å². The summed E-state index contributed by atoms with van der Waals surface area (Å²) in [5.41, 5.74) is 9.83. The van der Waals surface area contributed by atoms with Crippen molar-refractivity contribution < 1.29 is 9.59 Å². The largest absolute Gasteiger partial charge is 0.361 e. The highest BCUT2D eigenvalue weighted by Crippen LogP contribution is 2.34. The lowest BCUT2D eigenvalue weighted by Crippen LogP contribution is -2.19. The van der Waals surface area contributed by atoms with Crippen LogP contribution in [0.1, 0.15) is 11.1 Å². The molecule has 4 rings (SSSR count). The fourth-order valence-corrected chi connectivity index (χ4v) is 2.92. The molecule has 5 N–H and O–H groups in total. The first-order valence-corrected chi connectivity index (χ1v) is 7.42. The van der Waals surface area contributed by atoms with E-state index in [1.54, 1.807) is 6.07 Å². The van der Waals surface area contributed by atoms with Gasteiger partial charge in [-0.15, -0.1) is 0 Å². The molecule has 24 heavy (non-hydrogen) atoms. The minimum atomic E-state index is -0.617. The van der Waals surface area contributed by atoms with Crippen molar-refractivity contribution in [3.05, 3.63) is 59.8 Å². The minimum absolute atomic E-state index is 0.128. The molecule has 3 amide bonds. The number of nitrogens with one attached hydrogen (secondary N) is 3. The van der Waals surface area contributed by atoms with Crippen LogP contribution in [0, 0.1) is 0 Å². The standard InChI is InChI=1S/C18H14N4O2/c19-18(24)21-11-5-6-15-13(8-11)10(9-20-15)7-14-12-3-1-2-4-16(12)22-17(14)23/h1-9,20H,(H,22,23)(H3,19,21,24)/b14-7+. The SMILES string of the molecule is NC(=O)Nc1ccc2[nH]cc(/C=C3/C(=O)Nc4ccccc43)c2c1. The molecule has 0 radical (unpaired) electrons. The summed E-state index contributed by atoms with van der Waals surface area (Å²) in [5, 5.41) is 6.31. The Morgan fingerprint density at radius 2 is 2.00 bits per heavy atom. The van der Waals surface area contributed by atoms with E-state index in [1.165, 1.54) is 0 Å². The van der Waals surface area contributed by atoms with Crippen molar-refractivity contribution in [2.75, 3.05) is 10.6 Å². The zero-order chi connectivity index (χ0) is 16.7. The number of benzene rings is 2. The van der Waals surface area contributed by atoms with Crippen LogP contribution in [0.4, 0.5) is 16.2 Å². The highest BCUT2D eigenvalue weighted by Gasteiger charge is 2.23. The van der Waals surface area contributed by atoms with Gasteiger partial charge in [0.05, 0.1) is 0 Å². The first kappa shape index (κ1) is 14.1. The van der Waals surface area contributed by atoms with E-state index in [0.29, 0.717) is 11.3 Å². The molecule has 1 aromatic heterocycles. The van der Waals surface area contributed by atoms with E-state index in [0.717, 1.165) is 27.7 Å². The Balaban J connectivity index is 1.82. The molecule has 0 bridgehead atoms. The molecule has 0 aliphatic carbocycles. The summed E-state index contributed by atoms with van der Waals surface area (Å²) < 4.78 is 0. The van der Waals surface area contributed by atoms with Gasteiger partial charge in [-0.05, 0) is 30.3 Å². The summed E-state index contributed by atoms with van der Waals surface area (Å²) >= 11 is 0. The summed E-state index contributed by atoms with van der Waals surface area (Å²) in [7, 11) is 0. The number of primary amides is 1. The average molecular weight is 318 g/mol. The first-order chi connectivity index (χ1) is 11.6. The van der Waals surface area contributed by atoms with Crippen molar-refractivity contribution in [2.24, 2.45) is 5.73 Å². The summed E-state index contributed by atoms with van der Waals surface area (Å²) in [5.74, 6) is -0.128. The molecule has 0 spiro atoms. The number of rotatable bonds is 2. The number of carbonyl (C=O) groups excluding carboxylic acids is 2. The van der Waals surface area contributed by atoms with E-state index >= 15 is 0 Å². The fraction of sp³-hybridized carbons (Fsp3) is 0. The van der Waals surface area contributed by atoms with Crippen LogP contribution >= 0.6 is 0 Å². The second-order valence-corrected chi connectivity index (χ2v) is 5.55. The van der Waals surface area contributed by atoms with Gasteiger partial charge in [0.15, 0.2) is 0 Å². The number of aromatic nitrogens is 1. The summed E-state index contributed by atoms with van der Waals surface area (Å²) in [6, 6.07) is 12.4. The Kier molecular flexibility index (Phi) is 3.09. The molecule has 2 aromatic carbocycles. The van der Waals surface area contributed by atoms with Crippen LogP contribution in [0.3, 0.4) is 0 Å². The number of hydrogen-bond acceptors (Lipinski definition) is 2. The summed E-state index contributed by atoms with van der Waals surface area (Å²) in [4.78, 5) is 26.4. The van der Waals surface area contributed by atoms with Gasteiger partial charge in [0.1, 0.15) is 0 Å². The Morgan fingerprint density at radius 3 is 2.83 bits per heavy atom. The Bertz CT molecular complexity index is 1020. The van der Waals surface area contributed by atoms with Crippen LogP contribution in [0.5, 0.6) is 0 Å². The van der Waals surface area contributed by atoms with E-state index in [9.17, 15) is 9.59 Å². The van der Waals surface area contributed by atoms with Gasteiger partial charge in [0.25, 0.3) is 5.91 Å². The first-order valence-electron chi connectivity index (χ1n) is 7.42. The third-order valence-electron chi connectivity index (χ3n) is 3.99. The molecule has 0 unspecified atom stereocenters. The molecule has 6 heteroatoms. The topological polar surface area (TPSA) is 100 Å². The highest BCUT2D eigenvalue weighted by atomic mass is 16.2. The van der Waals surface area contributed by atoms with Gasteiger partial charge >= 0.3 is 6.03 Å². The van der Waals surface area contributed by atoms with Crippen molar-refractivity contribution in [3.63, 3.8) is 0 Å². The maximum Gasteiger partial charge on any atom is 0.316 e. The average Bonchev–Trinajstić information content (AvgIpc) is 3.09. The molecular weight excluding hydrogens is 304 g/mol. The van der Waals surface area contributed by atoms with E-state index in [4.69, 9.17) is 5.73 Å². The second-order valence-electron chi connectivity index (χ2n) is 5.55. The van der Waals surface area contributed by atoms with Crippen molar-refractivity contribution in [1.82, 2.24) is 4.98 Å². The highest BCUT2D eigenvalue weighted by molar-refractivity contribution is 6.35. The Hall–Kier alpha value is -3.54. The predicted octanol–water partition coefficient (Wildman–Crippen LogP) is 3.15. The van der Waals surface area contributed by atoms with Crippen molar-refractivity contribution in [3.8, 4) is 0 Å². The van der Waals surface area contributed by atoms with Crippen molar-refractivity contribution in [1.29, 1.82) is 0 Å². The third kappa shape index (κ3) is 2.30. The second kappa shape index (κ2) is 5.27. The minimum Gasteiger partial charge on any atom is -0.361 e. The number of nitrogens with two attached hydrogens (primary N) is 1. The van der Waals surface area contributed by atoms with Crippen molar-refractivity contribution in [2.45, 2.75) is 0 Å². The Morgan fingerprint density at radius 1 is 1.17 bits per heavy atom. The number of para-hydroxylation sites is 1. The monoisotopic (exact) mass is 318 g/mol. The van der Waals surface area contributed by atoms with Crippen molar-refractivity contribution >= 4 is 45.9 Å². The van der Waals surface area contributed by atoms with Gasteiger partial charge in [-0.25, -0.2) is 4.79 Å². The maximum atomic E-state index is 12.2. The molecule has 0 fully saturated rings. The van der Waals surface area contributed by atoms with Crippen LogP contribution in [-0.4, -0.2) is 16.9 Å². The summed E-state index contributed by atoms with van der Waals surface area (Å²) in [6.07, 6.45) is 3.67. The predicted molar refractivity (Wildman–Crippen MR) is 94.4 cm³/mol. The number of amides is 3. The normalized spacial score (nSPS) is 14.7. The molecule has 2 heterocycles. The quantitative estimate of drug-likeness (QED) is 0.546. The number of fused-ring (bicyclic) bond motifs is 2. The number of anilines is 2. The molecule has 1 aliphatic heterocycles. The van der Waals surface area contributed by atoms with E-state index in [-0.39, 0.29) is 5.91 Å². The van der Waals surface area contributed by atoms with Gasteiger partial charge in [-0.3, -0.25) is 4.79 Å². The van der Waals surface area contributed by atoms with Crippen LogP contribution in [0.2, 0.25) is 0 Å². The lowest BCUT2D eigenvalue weighted by molar-refractivity contribution is -0.110. The van der Waals surface area contributed by atoms with Gasteiger partial charge in [-0.1, -0.05) is 18.2 Å². The zero-order valence-corrected chi connectivity index (χ0v) is 12.6. The van der Waals surface area contributed by atoms with E-state index in [1.807, 2.05) is 48.7 Å². The lowest BCUT2D eigenvalue weighted by Gasteiger charge is -2.02. The van der Waals surface area contributed by atoms with Gasteiger partial charge in [-0.2, -0.15) is 0 Å². The molecule has 0 atom stereocenters. The van der Waals surface area contributed by atoms with E-state index in [2.05, 4.69) is 15.6 Å². The van der Waals surface area contributed by atoms with Gasteiger partial charge in [0, 0.05) is 45.2 Å². The molecule has 118 valence electrons. The van der Waals surface area contributed by atoms with Gasteiger partial charge in [0.2, 0.25) is 0 Å². The molecular formula is C18H14N4O2. The molecule has 3 aromatic rings. The van der Waals surface area contributed by atoms with Crippen LogP contribution in [-0.2, 0) is 4.79 Å². The molecule has 0 saturated carbocycles.